The van der Waals surface area contributed by atoms with Crippen molar-refractivity contribution in [1.82, 2.24) is 0 Å². The van der Waals surface area contributed by atoms with E-state index >= 15 is 0 Å². The molecule has 0 spiro atoms. The maximum absolute atomic E-state index is 5.55. The molecule has 0 heterocycles. The Kier molecular flexibility index (Phi) is 6.51. The average molecular weight is 160 g/mol. The van der Waals surface area contributed by atoms with E-state index in [1.54, 1.807) is 0 Å². The molecule has 0 saturated heterocycles. The van der Waals surface area contributed by atoms with Gasteiger partial charge in [0.25, 0.3) is 0 Å². The highest BCUT2D eigenvalue weighted by Gasteiger charge is 2.00. The summed E-state index contributed by atoms with van der Waals surface area (Å²) >= 11 is 0. The molecule has 0 bridgehead atoms. The molecule has 0 amide bonds. The molecule has 11 heavy (non-hydrogen) atoms. The van der Waals surface area contributed by atoms with Crippen molar-refractivity contribution in [1.29, 1.82) is 0 Å². The molecule has 0 radical (unpaired) electrons. The van der Waals surface area contributed by atoms with Crippen LogP contribution in [0.2, 0.25) is 0 Å². The third-order valence-electron chi connectivity index (χ3n) is 1.55. The van der Waals surface area contributed by atoms with Crippen molar-refractivity contribution in [3.8, 4) is 0 Å². The van der Waals surface area contributed by atoms with Crippen LogP contribution < -0.4 is 11.5 Å². The number of hydrogen-bond acceptors (Lipinski definition) is 3. The summed E-state index contributed by atoms with van der Waals surface area (Å²) < 4.78 is 5.43. The zero-order chi connectivity index (χ0) is 8.69. The zero-order valence-corrected chi connectivity index (χ0v) is 7.55. The van der Waals surface area contributed by atoms with Gasteiger partial charge < -0.3 is 16.2 Å². The molecule has 0 rings (SSSR count). The Morgan fingerprint density at radius 1 is 1.27 bits per heavy atom. The molecule has 0 fully saturated rings. The van der Waals surface area contributed by atoms with E-state index in [1.165, 1.54) is 0 Å². The molecule has 0 aromatic carbocycles. The Labute approximate surface area is 69.1 Å². The van der Waals surface area contributed by atoms with Crippen LogP contribution in [0.1, 0.15) is 26.7 Å². The lowest BCUT2D eigenvalue weighted by molar-refractivity contribution is 0.0581. The van der Waals surface area contributed by atoms with E-state index in [2.05, 4.69) is 0 Å². The summed E-state index contributed by atoms with van der Waals surface area (Å²) in [5.74, 6) is 0. The molecular weight excluding hydrogens is 140 g/mol. The van der Waals surface area contributed by atoms with Gasteiger partial charge in [-0.25, -0.2) is 0 Å². The maximum Gasteiger partial charge on any atom is 0.0559 e. The van der Waals surface area contributed by atoms with Gasteiger partial charge in [0.1, 0.15) is 0 Å². The first kappa shape index (κ1) is 10.9. The number of ether oxygens (including phenoxy) is 1. The molecule has 0 aromatic heterocycles. The molecule has 2 atom stereocenters. The van der Waals surface area contributed by atoms with Gasteiger partial charge in [0.15, 0.2) is 0 Å². The van der Waals surface area contributed by atoms with Gasteiger partial charge in [-0.3, -0.25) is 0 Å². The highest BCUT2D eigenvalue weighted by atomic mass is 16.5. The summed E-state index contributed by atoms with van der Waals surface area (Å²) in [5.41, 5.74) is 10.9. The second kappa shape index (κ2) is 6.58. The lowest BCUT2D eigenvalue weighted by atomic mass is 10.2. The smallest absolute Gasteiger partial charge is 0.0559 e. The van der Waals surface area contributed by atoms with Crippen molar-refractivity contribution < 1.29 is 4.74 Å². The monoisotopic (exact) mass is 160 g/mol. The van der Waals surface area contributed by atoms with E-state index in [-0.39, 0.29) is 12.1 Å². The molecule has 2 unspecified atom stereocenters. The Hall–Kier alpha value is -0.120. The van der Waals surface area contributed by atoms with Crippen LogP contribution in [-0.2, 0) is 4.74 Å². The van der Waals surface area contributed by atoms with Crippen molar-refractivity contribution in [3.05, 3.63) is 0 Å². The predicted octanol–water partition coefficient (Wildman–Crippen LogP) is 0.478. The van der Waals surface area contributed by atoms with E-state index in [9.17, 15) is 0 Å². The first-order valence-electron chi connectivity index (χ1n) is 4.24. The molecule has 0 aromatic rings. The van der Waals surface area contributed by atoms with Gasteiger partial charge in [-0.2, -0.15) is 0 Å². The van der Waals surface area contributed by atoms with Crippen LogP contribution in [0.5, 0.6) is 0 Å². The molecule has 3 heteroatoms. The van der Waals surface area contributed by atoms with E-state index in [4.69, 9.17) is 16.2 Å². The standard InChI is InChI=1S/C8H20N2O/c1-7(10)4-6-11-8(2)3-5-9/h7-8H,3-6,9-10H2,1-2H3. The first-order valence-corrected chi connectivity index (χ1v) is 4.24. The van der Waals surface area contributed by atoms with Crippen LogP contribution in [0.3, 0.4) is 0 Å². The van der Waals surface area contributed by atoms with Gasteiger partial charge in [0, 0.05) is 12.6 Å². The van der Waals surface area contributed by atoms with Gasteiger partial charge in [-0.15, -0.1) is 0 Å². The van der Waals surface area contributed by atoms with Crippen molar-refractivity contribution >= 4 is 0 Å². The fourth-order valence-electron chi connectivity index (χ4n) is 0.773. The Morgan fingerprint density at radius 2 is 1.91 bits per heavy atom. The Balaban J connectivity index is 3.10. The number of rotatable bonds is 6. The van der Waals surface area contributed by atoms with Crippen molar-refractivity contribution in [2.45, 2.75) is 38.8 Å². The summed E-state index contributed by atoms with van der Waals surface area (Å²) in [6, 6.07) is 0.236. The summed E-state index contributed by atoms with van der Waals surface area (Å²) in [7, 11) is 0. The van der Waals surface area contributed by atoms with Gasteiger partial charge in [0.2, 0.25) is 0 Å². The SMILES string of the molecule is CC(N)CCOC(C)CCN. The first-order chi connectivity index (χ1) is 5.16. The lowest BCUT2D eigenvalue weighted by Gasteiger charge is -2.12. The highest BCUT2D eigenvalue weighted by molar-refractivity contribution is 4.54. The minimum atomic E-state index is 0.236. The minimum absolute atomic E-state index is 0.236. The molecule has 0 saturated carbocycles. The fourth-order valence-corrected chi connectivity index (χ4v) is 0.773. The third-order valence-corrected chi connectivity index (χ3v) is 1.55. The predicted molar refractivity (Wildman–Crippen MR) is 47.4 cm³/mol. The molecular formula is C8H20N2O. The maximum atomic E-state index is 5.55. The van der Waals surface area contributed by atoms with Gasteiger partial charge in [-0.1, -0.05) is 0 Å². The van der Waals surface area contributed by atoms with Gasteiger partial charge in [0.05, 0.1) is 6.10 Å². The van der Waals surface area contributed by atoms with Crippen LogP contribution in [0, 0.1) is 0 Å². The van der Waals surface area contributed by atoms with Gasteiger partial charge >= 0.3 is 0 Å². The van der Waals surface area contributed by atoms with E-state index in [0.717, 1.165) is 19.4 Å². The minimum Gasteiger partial charge on any atom is -0.378 e. The summed E-state index contributed by atoms with van der Waals surface area (Å²) in [4.78, 5) is 0. The molecule has 3 nitrogen and oxygen atoms in total. The highest BCUT2D eigenvalue weighted by Crippen LogP contribution is 1.97. The molecule has 0 aliphatic heterocycles. The lowest BCUT2D eigenvalue weighted by Crippen LogP contribution is -2.20. The van der Waals surface area contributed by atoms with Crippen molar-refractivity contribution in [2.24, 2.45) is 11.5 Å². The fraction of sp³-hybridized carbons (Fsp3) is 1.00. The summed E-state index contributed by atoms with van der Waals surface area (Å²) in [5, 5.41) is 0. The third kappa shape index (κ3) is 7.78. The summed E-state index contributed by atoms with van der Waals surface area (Å²) in [6.07, 6.45) is 2.13. The largest absolute Gasteiger partial charge is 0.378 e. The van der Waals surface area contributed by atoms with E-state index in [0.29, 0.717) is 6.54 Å². The average Bonchev–Trinajstić information content (AvgIpc) is 1.87. The normalized spacial score (nSPS) is 16.4. The van der Waals surface area contributed by atoms with Crippen LogP contribution in [0.4, 0.5) is 0 Å². The molecule has 4 N–H and O–H groups in total. The van der Waals surface area contributed by atoms with Gasteiger partial charge in [-0.05, 0) is 33.2 Å². The molecule has 0 aliphatic rings. The second-order valence-corrected chi connectivity index (χ2v) is 3.02. The molecule has 0 aliphatic carbocycles. The molecule has 68 valence electrons. The van der Waals surface area contributed by atoms with Crippen molar-refractivity contribution in [3.63, 3.8) is 0 Å². The second-order valence-electron chi connectivity index (χ2n) is 3.02. The summed E-state index contributed by atoms with van der Waals surface area (Å²) in [6.45, 7) is 5.46. The topological polar surface area (TPSA) is 61.3 Å². The Morgan fingerprint density at radius 3 is 2.36 bits per heavy atom. The number of hydrogen-bond donors (Lipinski definition) is 2. The van der Waals surface area contributed by atoms with Crippen LogP contribution in [0.15, 0.2) is 0 Å². The van der Waals surface area contributed by atoms with E-state index < -0.39 is 0 Å². The van der Waals surface area contributed by atoms with Crippen LogP contribution in [-0.4, -0.2) is 25.3 Å². The van der Waals surface area contributed by atoms with Crippen LogP contribution in [0.25, 0.3) is 0 Å². The zero-order valence-electron chi connectivity index (χ0n) is 7.55. The number of nitrogens with two attached hydrogens (primary N) is 2. The van der Waals surface area contributed by atoms with Crippen LogP contribution >= 0.6 is 0 Å². The quantitative estimate of drug-likeness (QED) is 0.594. The van der Waals surface area contributed by atoms with Crippen molar-refractivity contribution in [2.75, 3.05) is 13.2 Å². The van der Waals surface area contributed by atoms with E-state index in [1.807, 2.05) is 13.8 Å². The Bertz CT molecular complexity index is 86.2.